The Balaban J connectivity index is 1.54. The number of imidazole rings is 1. The van der Waals surface area contributed by atoms with E-state index in [1.165, 1.54) is 11.6 Å². The second kappa shape index (κ2) is 8.88. The van der Waals surface area contributed by atoms with Crippen LogP contribution in [0.5, 0.6) is 0 Å². The molecule has 10 nitrogen and oxygen atoms in total. The number of nitrogens with zero attached hydrogens (tertiary/aromatic N) is 5. The van der Waals surface area contributed by atoms with Crippen LogP contribution in [0.3, 0.4) is 0 Å². The molecule has 0 saturated carbocycles. The molecule has 2 aromatic carbocycles. The molecule has 1 atom stereocenters. The van der Waals surface area contributed by atoms with Crippen LogP contribution < -0.4 is 16.1 Å². The van der Waals surface area contributed by atoms with Crippen LogP contribution in [-0.4, -0.2) is 42.4 Å². The van der Waals surface area contributed by atoms with Crippen molar-refractivity contribution >= 4 is 28.8 Å². The maximum absolute atomic E-state index is 13.4. The molecule has 4 aromatic rings. The van der Waals surface area contributed by atoms with Gasteiger partial charge in [-0.15, -0.1) is 0 Å². The normalized spacial score (nSPS) is 15.3. The molecule has 0 aliphatic carbocycles. The van der Waals surface area contributed by atoms with Crippen LogP contribution in [0.25, 0.3) is 11.2 Å². The number of carbonyl (C=O) groups excluding carboxylic acids is 1. The van der Waals surface area contributed by atoms with E-state index in [2.05, 4.69) is 4.98 Å². The van der Waals surface area contributed by atoms with Gasteiger partial charge in [0.15, 0.2) is 11.2 Å². The molecular formula is C25H25N5O5. The minimum Gasteiger partial charge on any atom is -0.459 e. The molecular weight excluding hydrogens is 450 g/mol. The molecule has 1 aliphatic rings. The number of hydrogen-bond donors (Lipinski definition) is 1. The third-order valence-corrected chi connectivity index (χ3v) is 6.12. The highest BCUT2D eigenvalue weighted by Gasteiger charge is 2.31. The van der Waals surface area contributed by atoms with Gasteiger partial charge in [-0.3, -0.25) is 14.2 Å². The van der Waals surface area contributed by atoms with Crippen molar-refractivity contribution in [2.75, 3.05) is 11.4 Å². The molecule has 0 radical (unpaired) electrons. The maximum atomic E-state index is 13.4. The Bertz CT molecular complexity index is 1520. The van der Waals surface area contributed by atoms with Crippen LogP contribution in [0.1, 0.15) is 11.1 Å². The minimum absolute atomic E-state index is 0.0385. The molecule has 0 amide bonds. The second-order valence-corrected chi connectivity index (χ2v) is 8.67. The fraction of sp³-hybridized carbons (Fsp3) is 0.280. The van der Waals surface area contributed by atoms with Gasteiger partial charge < -0.3 is 19.3 Å². The fourth-order valence-corrected chi connectivity index (χ4v) is 4.30. The van der Waals surface area contributed by atoms with Gasteiger partial charge in [0.1, 0.15) is 13.2 Å². The summed E-state index contributed by atoms with van der Waals surface area (Å²) in [5.41, 5.74) is 1.70. The summed E-state index contributed by atoms with van der Waals surface area (Å²) in [7, 11) is 1.50. The molecule has 0 bridgehead atoms. The lowest BCUT2D eigenvalue weighted by molar-refractivity contribution is -0.145. The van der Waals surface area contributed by atoms with Crippen LogP contribution in [0.4, 0.5) is 11.6 Å². The number of aliphatic hydroxyl groups is 1. The molecule has 3 heterocycles. The molecule has 5 rings (SSSR count). The number of benzene rings is 2. The van der Waals surface area contributed by atoms with Crippen molar-refractivity contribution < 1.29 is 14.6 Å². The number of anilines is 2. The highest BCUT2D eigenvalue weighted by molar-refractivity contribution is 5.77. The van der Waals surface area contributed by atoms with E-state index in [9.17, 15) is 19.5 Å². The zero-order chi connectivity index (χ0) is 24.7. The number of β-amino-alcohol motifs (C(OH)–C–C–N with tert-alkyl or cyclic N) is 1. The Morgan fingerprint density at radius 2 is 1.80 bits per heavy atom. The summed E-state index contributed by atoms with van der Waals surface area (Å²) in [6.07, 6.45) is -0.762. The molecule has 2 aromatic heterocycles. The lowest BCUT2D eigenvalue weighted by Crippen LogP contribution is -2.43. The number of esters is 1. The standard InChI is InChI=1S/C25H25N5O5/c1-16-8-10-18(11-9-16)28-12-19(31)13-29-21-22(26-24(28)29)27(2)25(34)30(23(21)33)14-20(32)35-15-17-6-4-3-5-7-17/h3-11,19,31H,12-15H2,1-2H3. The van der Waals surface area contributed by atoms with Gasteiger partial charge in [-0.25, -0.2) is 9.36 Å². The summed E-state index contributed by atoms with van der Waals surface area (Å²) in [5.74, 6) is -0.252. The molecule has 1 N–H and O–H groups in total. The maximum Gasteiger partial charge on any atom is 0.333 e. The summed E-state index contributed by atoms with van der Waals surface area (Å²) < 4.78 is 8.97. The first-order valence-corrected chi connectivity index (χ1v) is 11.3. The van der Waals surface area contributed by atoms with Crippen molar-refractivity contribution in [1.82, 2.24) is 18.7 Å². The van der Waals surface area contributed by atoms with Crippen LogP contribution in [0.2, 0.25) is 0 Å². The highest BCUT2D eigenvalue weighted by Crippen LogP contribution is 2.31. The summed E-state index contributed by atoms with van der Waals surface area (Å²) in [6.45, 7) is 1.92. The van der Waals surface area contributed by atoms with Gasteiger partial charge in [0.2, 0.25) is 5.95 Å². The van der Waals surface area contributed by atoms with Gasteiger partial charge >= 0.3 is 11.7 Å². The molecule has 1 aliphatic heterocycles. The molecule has 0 fully saturated rings. The Kier molecular flexibility index (Phi) is 5.73. The molecule has 0 spiro atoms. The van der Waals surface area contributed by atoms with E-state index in [1.807, 2.05) is 66.4 Å². The molecule has 35 heavy (non-hydrogen) atoms. The predicted molar refractivity (Wildman–Crippen MR) is 130 cm³/mol. The summed E-state index contributed by atoms with van der Waals surface area (Å²) >= 11 is 0. The van der Waals surface area contributed by atoms with Crippen LogP contribution >= 0.6 is 0 Å². The first kappa shape index (κ1) is 22.6. The topological polar surface area (TPSA) is 112 Å². The molecule has 10 heteroatoms. The zero-order valence-corrected chi connectivity index (χ0v) is 19.4. The van der Waals surface area contributed by atoms with Gasteiger partial charge in [-0.05, 0) is 24.6 Å². The number of carbonyl (C=O) groups is 1. The summed E-state index contributed by atoms with van der Waals surface area (Å²) in [6, 6.07) is 16.9. The smallest absolute Gasteiger partial charge is 0.333 e. The van der Waals surface area contributed by atoms with Gasteiger partial charge in [0, 0.05) is 12.7 Å². The molecule has 0 saturated heterocycles. The minimum atomic E-state index is -0.762. The van der Waals surface area contributed by atoms with E-state index in [4.69, 9.17) is 4.74 Å². The average Bonchev–Trinajstić information content (AvgIpc) is 3.24. The number of rotatable bonds is 5. The zero-order valence-electron chi connectivity index (χ0n) is 19.4. The Morgan fingerprint density at radius 1 is 1.09 bits per heavy atom. The van der Waals surface area contributed by atoms with Crippen molar-refractivity contribution in [1.29, 1.82) is 0 Å². The first-order chi connectivity index (χ1) is 16.8. The number of aromatic nitrogens is 4. The van der Waals surface area contributed by atoms with Gasteiger partial charge in [0.05, 0.1) is 19.2 Å². The van der Waals surface area contributed by atoms with E-state index in [0.29, 0.717) is 12.5 Å². The molecule has 1 unspecified atom stereocenters. The van der Waals surface area contributed by atoms with Gasteiger partial charge in [-0.2, -0.15) is 4.98 Å². The number of aliphatic hydroxyl groups excluding tert-OH is 1. The highest BCUT2D eigenvalue weighted by atomic mass is 16.5. The fourth-order valence-electron chi connectivity index (χ4n) is 4.30. The van der Waals surface area contributed by atoms with Crippen molar-refractivity contribution in [2.24, 2.45) is 7.05 Å². The lowest BCUT2D eigenvalue weighted by Gasteiger charge is -2.32. The van der Waals surface area contributed by atoms with Crippen LogP contribution in [-0.2, 0) is 36.3 Å². The van der Waals surface area contributed by atoms with Gasteiger partial charge in [0.25, 0.3) is 5.56 Å². The number of fused-ring (bicyclic) bond motifs is 3. The van der Waals surface area contributed by atoms with Crippen molar-refractivity contribution in [3.05, 3.63) is 86.6 Å². The molecule has 180 valence electrons. The average molecular weight is 476 g/mol. The van der Waals surface area contributed by atoms with Crippen molar-refractivity contribution in [3.8, 4) is 0 Å². The van der Waals surface area contributed by atoms with Crippen LogP contribution in [0.15, 0.2) is 64.2 Å². The predicted octanol–water partition coefficient (Wildman–Crippen LogP) is 1.46. The summed E-state index contributed by atoms with van der Waals surface area (Å²) in [4.78, 5) is 45.3. The third kappa shape index (κ3) is 4.12. The number of hydrogen-bond acceptors (Lipinski definition) is 7. The second-order valence-electron chi connectivity index (χ2n) is 8.67. The Hall–Kier alpha value is -4.18. The third-order valence-electron chi connectivity index (χ3n) is 6.12. The monoisotopic (exact) mass is 475 g/mol. The number of aryl methyl sites for hydroxylation is 2. The van der Waals surface area contributed by atoms with Crippen molar-refractivity contribution in [2.45, 2.75) is 32.7 Å². The number of ether oxygens (including phenoxy) is 1. The quantitative estimate of drug-likeness (QED) is 0.435. The van der Waals surface area contributed by atoms with Crippen LogP contribution in [0, 0.1) is 6.92 Å². The SMILES string of the molecule is Cc1ccc(N2CC(O)Cn3c2nc2c3c(=O)n(CC(=O)OCc3ccccc3)c(=O)n2C)cc1. The largest absolute Gasteiger partial charge is 0.459 e. The summed E-state index contributed by atoms with van der Waals surface area (Å²) in [5, 5.41) is 10.6. The van der Waals surface area contributed by atoms with E-state index in [-0.39, 0.29) is 24.3 Å². The lowest BCUT2D eigenvalue weighted by atomic mass is 10.2. The Labute approximate surface area is 200 Å². The van der Waals surface area contributed by atoms with Crippen molar-refractivity contribution in [3.63, 3.8) is 0 Å². The van der Waals surface area contributed by atoms with E-state index in [1.54, 1.807) is 4.57 Å². The van der Waals surface area contributed by atoms with E-state index >= 15 is 0 Å². The van der Waals surface area contributed by atoms with E-state index in [0.717, 1.165) is 21.4 Å². The Morgan fingerprint density at radius 3 is 2.51 bits per heavy atom. The van der Waals surface area contributed by atoms with Gasteiger partial charge in [-0.1, -0.05) is 48.0 Å². The first-order valence-electron chi connectivity index (χ1n) is 11.3. The van der Waals surface area contributed by atoms with E-state index < -0.39 is 29.9 Å².